The lowest BCUT2D eigenvalue weighted by Crippen LogP contribution is -2.35. The molecule has 0 spiro atoms. The van der Waals surface area contributed by atoms with E-state index in [1.54, 1.807) is 12.1 Å². The van der Waals surface area contributed by atoms with Gasteiger partial charge in [-0.25, -0.2) is 0 Å². The third-order valence-corrected chi connectivity index (χ3v) is 4.24. The molecule has 116 valence electrons. The molecule has 1 fully saturated rings. The predicted molar refractivity (Wildman–Crippen MR) is 82.5 cm³/mol. The summed E-state index contributed by atoms with van der Waals surface area (Å²) < 4.78 is 0. The van der Waals surface area contributed by atoms with Crippen LogP contribution in [0.3, 0.4) is 0 Å². The van der Waals surface area contributed by atoms with E-state index >= 15 is 0 Å². The summed E-state index contributed by atoms with van der Waals surface area (Å²) in [5, 5.41) is 20.2. The van der Waals surface area contributed by atoms with Gasteiger partial charge in [0.05, 0.1) is 17.1 Å². The third kappa shape index (κ3) is 3.92. The Morgan fingerprint density at radius 1 is 1.43 bits per heavy atom. The SMILES string of the molecule is CN1CCC(CN(C)c2ccc([N+](=O)[O-])c(CO)c2)CC1. The zero-order valence-corrected chi connectivity index (χ0v) is 12.7. The lowest BCUT2D eigenvalue weighted by atomic mass is 9.96. The van der Waals surface area contributed by atoms with Gasteiger partial charge in [-0.2, -0.15) is 0 Å². The van der Waals surface area contributed by atoms with Crippen molar-refractivity contribution >= 4 is 11.4 Å². The zero-order chi connectivity index (χ0) is 15.4. The van der Waals surface area contributed by atoms with Crippen molar-refractivity contribution in [2.24, 2.45) is 5.92 Å². The van der Waals surface area contributed by atoms with Gasteiger partial charge >= 0.3 is 0 Å². The van der Waals surface area contributed by atoms with Gasteiger partial charge in [0.15, 0.2) is 0 Å². The van der Waals surface area contributed by atoms with Crippen molar-refractivity contribution in [3.8, 4) is 0 Å². The Morgan fingerprint density at radius 2 is 2.10 bits per heavy atom. The van der Waals surface area contributed by atoms with Gasteiger partial charge in [0.1, 0.15) is 0 Å². The number of hydrogen-bond donors (Lipinski definition) is 1. The topological polar surface area (TPSA) is 69.9 Å². The number of rotatable bonds is 5. The average Bonchev–Trinajstić information content (AvgIpc) is 2.48. The number of likely N-dealkylation sites (tertiary alicyclic amines) is 1. The Kier molecular flexibility index (Phi) is 5.14. The van der Waals surface area contributed by atoms with E-state index in [9.17, 15) is 15.2 Å². The van der Waals surface area contributed by atoms with E-state index in [0.29, 0.717) is 11.5 Å². The minimum Gasteiger partial charge on any atom is -0.391 e. The molecule has 21 heavy (non-hydrogen) atoms. The minimum atomic E-state index is -0.452. The third-order valence-electron chi connectivity index (χ3n) is 4.24. The van der Waals surface area contributed by atoms with Crippen molar-refractivity contribution in [2.45, 2.75) is 19.4 Å². The summed E-state index contributed by atoms with van der Waals surface area (Å²) in [7, 11) is 4.14. The molecule has 0 aromatic heterocycles. The number of aliphatic hydroxyl groups excluding tert-OH is 1. The molecule has 1 aromatic rings. The zero-order valence-electron chi connectivity index (χ0n) is 12.7. The summed E-state index contributed by atoms with van der Waals surface area (Å²) in [6.45, 7) is 2.88. The molecule has 6 heteroatoms. The van der Waals surface area contributed by atoms with E-state index in [1.807, 2.05) is 7.05 Å². The van der Waals surface area contributed by atoms with Crippen molar-refractivity contribution in [3.63, 3.8) is 0 Å². The molecule has 0 radical (unpaired) electrons. The van der Waals surface area contributed by atoms with Crippen LogP contribution in [-0.2, 0) is 6.61 Å². The normalized spacial score (nSPS) is 16.9. The molecule has 0 unspecified atom stereocenters. The molecular weight excluding hydrogens is 270 g/mol. The smallest absolute Gasteiger partial charge is 0.275 e. The predicted octanol–water partition coefficient (Wildman–Crippen LogP) is 1.87. The van der Waals surface area contributed by atoms with Crippen LogP contribution in [0.5, 0.6) is 0 Å². The summed E-state index contributed by atoms with van der Waals surface area (Å²) in [6.07, 6.45) is 2.36. The number of anilines is 1. The van der Waals surface area contributed by atoms with Crippen molar-refractivity contribution in [1.82, 2.24) is 4.90 Å². The van der Waals surface area contributed by atoms with Gasteiger partial charge < -0.3 is 14.9 Å². The highest BCUT2D eigenvalue weighted by molar-refractivity contribution is 5.55. The monoisotopic (exact) mass is 293 g/mol. The van der Waals surface area contributed by atoms with Crippen molar-refractivity contribution in [2.75, 3.05) is 38.6 Å². The second-order valence-corrected chi connectivity index (χ2v) is 5.86. The molecule has 6 nitrogen and oxygen atoms in total. The Balaban J connectivity index is 2.05. The molecule has 0 saturated carbocycles. The van der Waals surface area contributed by atoms with Crippen LogP contribution in [0.1, 0.15) is 18.4 Å². The molecule has 1 saturated heterocycles. The fourth-order valence-electron chi connectivity index (χ4n) is 2.85. The summed E-state index contributed by atoms with van der Waals surface area (Å²) in [5.41, 5.74) is 1.27. The molecule has 0 bridgehead atoms. The van der Waals surface area contributed by atoms with E-state index in [0.717, 1.165) is 25.3 Å². The van der Waals surface area contributed by atoms with Gasteiger partial charge in [0.2, 0.25) is 0 Å². The van der Waals surface area contributed by atoms with E-state index in [1.165, 1.54) is 18.9 Å². The van der Waals surface area contributed by atoms with Crippen molar-refractivity contribution in [1.29, 1.82) is 0 Å². The molecule has 1 aromatic carbocycles. The largest absolute Gasteiger partial charge is 0.391 e. The van der Waals surface area contributed by atoms with Gasteiger partial charge in [0.25, 0.3) is 5.69 Å². The Bertz CT molecular complexity index is 499. The number of aliphatic hydroxyl groups is 1. The Morgan fingerprint density at radius 3 is 2.67 bits per heavy atom. The maximum atomic E-state index is 10.9. The highest BCUT2D eigenvalue weighted by Crippen LogP contribution is 2.26. The summed E-state index contributed by atoms with van der Waals surface area (Å²) >= 11 is 0. The number of nitrogens with zero attached hydrogens (tertiary/aromatic N) is 3. The molecule has 1 heterocycles. The highest BCUT2D eigenvalue weighted by atomic mass is 16.6. The first-order valence-corrected chi connectivity index (χ1v) is 7.29. The maximum Gasteiger partial charge on any atom is 0.275 e. The lowest BCUT2D eigenvalue weighted by Gasteiger charge is -2.32. The number of benzene rings is 1. The average molecular weight is 293 g/mol. The molecule has 1 aliphatic heterocycles. The summed E-state index contributed by atoms with van der Waals surface area (Å²) in [4.78, 5) is 14.9. The van der Waals surface area contributed by atoms with Gasteiger partial charge in [-0.1, -0.05) is 0 Å². The van der Waals surface area contributed by atoms with Crippen LogP contribution in [0, 0.1) is 16.0 Å². The molecule has 0 atom stereocenters. The Labute approximate surface area is 125 Å². The van der Waals surface area contributed by atoms with Crippen LogP contribution >= 0.6 is 0 Å². The summed E-state index contributed by atoms with van der Waals surface area (Å²) in [5.74, 6) is 0.652. The highest BCUT2D eigenvalue weighted by Gasteiger charge is 2.20. The number of piperidine rings is 1. The molecule has 0 amide bonds. The number of hydrogen-bond acceptors (Lipinski definition) is 5. The van der Waals surface area contributed by atoms with E-state index < -0.39 is 4.92 Å². The quantitative estimate of drug-likeness (QED) is 0.663. The van der Waals surface area contributed by atoms with Crippen LogP contribution in [0.4, 0.5) is 11.4 Å². The number of nitro benzene ring substituents is 1. The van der Waals surface area contributed by atoms with Crippen LogP contribution in [0.25, 0.3) is 0 Å². The minimum absolute atomic E-state index is 0.0195. The van der Waals surface area contributed by atoms with Crippen LogP contribution < -0.4 is 4.90 Å². The molecule has 0 aliphatic carbocycles. The summed E-state index contributed by atoms with van der Waals surface area (Å²) in [6, 6.07) is 4.95. The van der Waals surface area contributed by atoms with Gasteiger partial charge in [-0.3, -0.25) is 10.1 Å². The van der Waals surface area contributed by atoms with Gasteiger partial charge in [-0.05, 0) is 51.0 Å². The first kappa shape index (κ1) is 15.7. The van der Waals surface area contributed by atoms with E-state index in [-0.39, 0.29) is 12.3 Å². The van der Waals surface area contributed by atoms with Crippen molar-refractivity contribution in [3.05, 3.63) is 33.9 Å². The first-order chi connectivity index (χ1) is 10.0. The maximum absolute atomic E-state index is 10.9. The van der Waals surface area contributed by atoms with Gasteiger partial charge in [-0.15, -0.1) is 0 Å². The van der Waals surface area contributed by atoms with Gasteiger partial charge in [0, 0.05) is 25.3 Å². The lowest BCUT2D eigenvalue weighted by molar-refractivity contribution is -0.385. The second-order valence-electron chi connectivity index (χ2n) is 5.86. The van der Waals surface area contributed by atoms with E-state index in [4.69, 9.17) is 0 Å². The standard InChI is InChI=1S/C15H23N3O3/c1-16-7-5-12(6-8-16)10-17(2)14-3-4-15(18(20)21)13(9-14)11-19/h3-4,9,12,19H,5-8,10-11H2,1-2H3. The fraction of sp³-hybridized carbons (Fsp3) is 0.600. The molecule has 1 aliphatic rings. The second kappa shape index (κ2) is 6.87. The van der Waals surface area contributed by atoms with Crippen molar-refractivity contribution < 1.29 is 10.0 Å². The molecular formula is C15H23N3O3. The first-order valence-electron chi connectivity index (χ1n) is 7.29. The van der Waals surface area contributed by atoms with Crippen LogP contribution in [0.15, 0.2) is 18.2 Å². The van der Waals surface area contributed by atoms with Crippen LogP contribution in [-0.4, -0.2) is 48.7 Å². The fourth-order valence-corrected chi connectivity index (χ4v) is 2.85. The molecule has 1 N–H and O–H groups in total. The number of nitro groups is 1. The Hall–Kier alpha value is -1.66. The van der Waals surface area contributed by atoms with E-state index in [2.05, 4.69) is 16.8 Å². The molecule has 2 rings (SSSR count). The van der Waals surface area contributed by atoms with Crippen LogP contribution in [0.2, 0.25) is 0 Å².